The fourth-order valence-electron chi connectivity index (χ4n) is 2.19. The lowest BCUT2D eigenvalue weighted by atomic mass is 10.0. The summed E-state index contributed by atoms with van der Waals surface area (Å²) >= 11 is 0. The van der Waals surface area contributed by atoms with Gasteiger partial charge in [0.15, 0.2) is 23.1 Å². The number of hydrogen-bond donors (Lipinski definition) is 1. The van der Waals surface area contributed by atoms with Gasteiger partial charge in [-0.1, -0.05) is 38.3 Å². The number of ether oxygens (including phenoxy) is 1. The van der Waals surface area contributed by atoms with Gasteiger partial charge in [-0.3, -0.25) is 0 Å². The molecule has 2 rings (SSSR count). The molecule has 2 nitrogen and oxygen atoms in total. The summed E-state index contributed by atoms with van der Waals surface area (Å²) in [4.78, 5) is 0. The molecule has 0 radical (unpaired) electrons. The van der Waals surface area contributed by atoms with Crippen molar-refractivity contribution in [2.24, 2.45) is 0 Å². The van der Waals surface area contributed by atoms with E-state index in [4.69, 9.17) is 4.74 Å². The molecule has 0 bridgehead atoms. The smallest absolute Gasteiger partial charge is 0.165 e. The highest BCUT2D eigenvalue weighted by molar-refractivity contribution is 5.65. The number of halogens is 2. The lowest BCUT2D eigenvalue weighted by Gasteiger charge is -2.09. The molecule has 2 aromatic carbocycles. The summed E-state index contributed by atoms with van der Waals surface area (Å²) in [5.41, 5.74) is 1.04. The number of rotatable bonds is 7. The highest BCUT2D eigenvalue weighted by Crippen LogP contribution is 2.28. The van der Waals surface area contributed by atoms with Gasteiger partial charge >= 0.3 is 0 Å². The average molecular weight is 306 g/mol. The van der Waals surface area contributed by atoms with E-state index in [1.54, 1.807) is 18.2 Å². The Morgan fingerprint density at radius 1 is 0.909 bits per heavy atom. The molecular formula is C18H20F2O2. The van der Waals surface area contributed by atoms with E-state index in [9.17, 15) is 13.9 Å². The zero-order valence-corrected chi connectivity index (χ0v) is 12.6. The van der Waals surface area contributed by atoms with Crippen LogP contribution in [0.3, 0.4) is 0 Å². The molecule has 0 aliphatic carbocycles. The normalized spacial score (nSPS) is 10.7. The van der Waals surface area contributed by atoms with Crippen molar-refractivity contribution in [1.29, 1.82) is 0 Å². The maximum Gasteiger partial charge on any atom is 0.165 e. The first kappa shape index (κ1) is 16.3. The first-order chi connectivity index (χ1) is 10.6. The van der Waals surface area contributed by atoms with Crippen LogP contribution in [0.15, 0.2) is 36.4 Å². The Balaban J connectivity index is 2.04. The van der Waals surface area contributed by atoms with Gasteiger partial charge in [0, 0.05) is 0 Å². The molecule has 0 amide bonds. The maximum atomic E-state index is 14.0. The molecule has 118 valence electrons. The van der Waals surface area contributed by atoms with Crippen molar-refractivity contribution in [3.8, 4) is 22.6 Å². The summed E-state index contributed by atoms with van der Waals surface area (Å²) in [6, 6.07) is 8.51. The molecule has 0 fully saturated rings. The van der Waals surface area contributed by atoms with Crippen molar-refractivity contribution < 1.29 is 18.6 Å². The minimum Gasteiger partial charge on any atom is -0.505 e. The molecule has 0 heterocycles. The molecule has 0 atom stereocenters. The van der Waals surface area contributed by atoms with E-state index in [1.807, 2.05) is 0 Å². The van der Waals surface area contributed by atoms with E-state index in [2.05, 4.69) is 6.92 Å². The number of hydrogen-bond acceptors (Lipinski definition) is 2. The summed E-state index contributed by atoms with van der Waals surface area (Å²) in [5.74, 6) is -1.41. The van der Waals surface area contributed by atoms with Gasteiger partial charge in [0.25, 0.3) is 0 Å². The minimum absolute atomic E-state index is 0.208. The van der Waals surface area contributed by atoms with E-state index in [1.165, 1.54) is 18.2 Å². The number of unbranched alkanes of at least 4 members (excludes halogenated alkanes) is 3. The average Bonchev–Trinajstić information content (AvgIpc) is 2.51. The Morgan fingerprint density at radius 3 is 2.23 bits per heavy atom. The van der Waals surface area contributed by atoms with Gasteiger partial charge in [-0.15, -0.1) is 0 Å². The largest absolute Gasteiger partial charge is 0.505 e. The van der Waals surface area contributed by atoms with Gasteiger partial charge in [0.1, 0.15) is 0 Å². The first-order valence-corrected chi connectivity index (χ1v) is 7.53. The summed E-state index contributed by atoms with van der Waals surface area (Å²) in [7, 11) is 0. The molecule has 0 saturated heterocycles. The van der Waals surface area contributed by atoms with Crippen LogP contribution in [0.1, 0.15) is 32.6 Å². The van der Waals surface area contributed by atoms with Crippen LogP contribution >= 0.6 is 0 Å². The van der Waals surface area contributed by atoms with Gasteiger partial charge in [0.2, 0.25) is 0 Å². The maximum absolute atomic E-state index is 14.0. The van der Waals surface area contributed by atoms with Gasteiger partial charge < -0.3 is 9.84 Å². The topological polar surface area (TPSA) is 29.5 Å². The quantitative estimate of drug-likeness (QED) is 0.704. The lowest BCUT2D eigenvalue weighted by Crippen LogP contribution is -1.99. The van der Waals surface area contributed by atoms with Crippen molar-refractivity contribution in [3.05, 3.63) is 48.0 Å². The van der Waals surface area contributed by atoms with Crippen LogP contribution in [0.2, 0.25) is 0 Å². The molecule has 4 heteroatoms. The van der Waals surface area contributed by atoms with Crippen LogP contribution in [0.5, 0.6) is 11.5 Å². The van der Waals surface area contributed by atoms with E-state index in [0.717, 1.165) is 25.7 Å². The third-order valence-corrected chi connectivity index (χ3v) is 3.47. The number of phenolic OH excluding ortho intramolecular Hbond substituents is 1. The molecular weight excluding hydrogens is 286 g/mol. The second-order valence-corrected chi connectivity index (χ2v) is 5.22. The van der Waals surface area contributed by atoms with Crippen LogP contribution in [-0.2, 0) is 0 Å². The minimum atomic E-state index is -0.728. The number of phenols is 1. The molecule has 0 saturated carbocycles. The Morgan fingerprint density at radius 2 is 1.59 bits per heavy atom. The Kier molecular flexibility index (Phi) is 5.75. The molecule has 0 spiro atoms. The summed E-state index contributed by atoms with van der Waals surface area (Å²) < 4.78 is 32.8. The molecule has 0 aliphatic rings. The second-order valence-electron chi connectivity index (χ2n) is 5.22. The molecule has 22 heavy (non-hydrogen) atoms. The summed E-state index contributed by atoms with van der Waals surface area (Å²) in [5, 5.41) is 9.18. The molecule has 2 aromatic rings. The highest BCUT2D eigenvalue weighted by atomic mass is 19.1. The Hall–Kier alpha value is -2.10. The predicted molar refractivity (Wildman–Crippen MR) is 83.1 cm³/mol. The van der Waals surface area contributed by atoms with E-state index < -0.39 is 17.4 Å². The third kappa shape index (κ3) is 4.20. The first-order valence-electron chi connectivity index (χ1n) is 7.53. The van der Waals surface area contributed by atoms with Gasteiger partial charge in [-0.2, -0.15) is 0 Å². The Bertz CT molecular complexity index is 626. The molecule has 0 aromatic heterocycles. The van der Waals surface area contributed by atoms with Crippen molar-refractivity contribution in [2.45, 2.75) is 32.6 Å². The van der Waals surface area contributed by atoms with E-state index in [-0.39, 0.29) is 5.75 Å². The van der Waals surface area contributed by atoms with Crippen molar-refractivity contribution >= 4 is 0 Å². The van der Waals surface area contributed by atoms with Crippen LogP contribution in [0.4, 0.5) is 8.78 Å². The zero-order valence-electron chi connectivity index (χ0n) is 12.6. The van der Waals surface area contributed by atoms with Crippen LogP contribution in [0.25, 0.3) is 11.1 Å². The van der Waals surface area contributed by atoms with Gasteiger partial charge in [-0.05, 0) is 41.8 Å². The van der Waals surface area contributed by atoms with E-state index in [0.29, 0.717) is 17.7 Å². The van der Waals surface area contributed by atoms with Crippen LogP contribution in [-0.4, -0.2) is 11.7 Å². The highest BCUT2D eigenvalue weighted by Gasteiger charge is 2.08. The zero-order chi connectivity index (χ0) is 15.9. The summed E-state index contributed by atoms with van der Waals surface area (Å²) in [6.07, 6.45) is 4.27. The van der Waals surface area contributed by atoms with Crippen molar-refractivity contribution in [1.82, 2.24) is 0 Å². The van der Waals surface area contributed by atoms with Crippen LogP contribution < -0.4 is 4.74 Å². The monoisotopic (exact) mass is 306 g/mol. The fraction of sp³-hybridized carbons (Fsp3) is 0.333. The molecule has 0 unspecified atom stereocenters. The number of benzene rings is 2. The SMILES string of the molecule is CCCCCCOc1ccc(-c2ccc(O)c(F)c2)cc1F. The number of aromatic hydroxyl groups is 1. The summed E-state index contributed by atoms with van der Waals surface area (Å²) in [6.45, 7) is 2.62. The van der Waals surface area contributed by atoms with Crippen molar-refractivity contribution in [2.75, 3.05) is 6.61 Å². The van der Waals surface area contributed by atoms with Crippen molar-refractivity contribution in [3.63, 3.8) is 0 Å². The molecule has 1 N–H and O–H groups in total. The van der Waals surface area contributed by atoms with Crippen LogP contribution in [0, 0.1) is 11.6 Å². The lowest BCUT2D eigenvalue weighted by molar-refractivity contribution is 0.290. The van der Waals surface area contributed by atoms with E-state index >= 15 is 0 Å². The third-order valence-electron chi connectivity index (χ3n) is 3.47. The molecule has 0 aliphatic heterocycles. The fourth-order valence-corrected chi connectivity index (χ4v) is 2.19. The standard InChI is InChI=1S/C18H20F2O2/c1-2-3-4-5-10-22-18-9-7-14(12-16(18)20)13-6-8-17(21)15(19)11-13/h6-9,11-12,21H,2-5,10H2,1H3. The predicted octanol–water partition coefficient (Wildman–Crippen LogP) is 5.30. The second kappa shape index (κ2) is 7.78. The Labute approximate surface area is 129 Å². The van der Waals surface area contributed by atoms with Gasteiger partial charge in [-0.25, -0.2) is 8.78 Å². The van der Waals surface area contributed by atoms with Gasteiger partial charge in [0.05, 0.1) is 6.61 Å².